The van der Waals surface area contributed by atoms with Crippen LogP contribution in [0, 0.1) is 0 Å². The van der Waals surface area contributed by atoms with Gasteiger partial charge in [-0.1, -0.05) is 18.2 Å². The highest BCUT2D eigenvalue weighted by Crippen LogP contribution is 2.31. The lowest BCUT2D eigenvalue weighted by Gasteiger charge is -2.20. The van der Waals surface area contributed by atoms with Crippen LogP contribution in [-0.2, 0) is 4.74 Å². The third-order valence-electron chi connectivity index (χ3n) is 3.09. The molecule has 0 aliphatic rings. The molecule has 0 saturated carbocycles. The molecule has 8 heteroatoms. The number of hydrogen-bond acceptors (Lipinski definition) is 4. The van der Waals surface area contributed by atoms with Crippen LogP contribution < -0.4 is 15.8 Å². The number of halogens is 3. The highest BCUT2D eigenvalue weighted by molar-refractivity contribution is 5.90. The van der Waals surface area contributed by atoms with Gasteiger partial charge in [0.05, 0.1) is 11.4 Å². The lowest BCUT2D eigenvalue weighted by molar-refractivity contribution is -0.274. The Morgan fingerprint density at radius 2 is 1.69 bits per heavy atom. The maximum atomic E-state index is 12.3. The first-order chi connectivity index (χ1) is 11.9. The molecule has 0 aliphatic heterocycles. The predicted octanol–water partition coefficient (Wildman–Crippen LogP) is 5.18. The zero-order valence-corrected chi connectivity index (χ0v) is 14.5. The summed E-state index contributed by atoms with van der Waals surface area (Å²) in [7, 11) is 0. The maximum Gasteiger partial charge on any atom is 0.573 e. The topological polar surface area (TPSA) is 73.6 Å². The third-order valence-corrected chi connectivity index (χ3v) is 3.09. The summed E-state index contributed by atoms with van der Waals surface area (Å²) in [6.45, 7) is 5.19. The van der Waals surface area contributed by atoms with Crippen molar-refractivity contribution < 1.29 is 27.4 Å². The molecule has 0 aromatic heterocycles. The van der Waals surface area contributed by atoms with Crippen molar-refractivity contribution >= 4 is 17.5 Å². The van der Waals surface area contributed by atoms with E-state index in [1.54, 1.807) is 45.0 Å². The van der Waals surface area contributed by atoms with Crippen LogP contribution in [0.25, 0.3) is 11.1 Å². The molecule has 0 bridgehead atoms. The van der Waals surface area contributed by atoms with Gasteiger partial charge in [-0.3, -0.25) is 5.32 Å². The number of alkyl halides is 3. The zero-order chi connectivity index (χ0) is 19.5. The molecule has 1 amide bonds. The first-order valence-electron chi connectivity index (χ1n) is 7.69. The number of rotatable bonds is 3. The van der Waals surface area contributed by atoms with Gasteiger partial charge >= 0.3 is 12.5 Å². The van der Waals surface area contributed by atoms with E-state index in [0.29, 0.717) is 16.8 Å². The SMILES string of the molecule is CC(C)(C)OC(=O)Nc1ccc(-c2cccc(OC(F)(F)F)c2)cc1N. The van der Waals surface area contributed by atoms with Crippen molar-refractivity contribution in [1.29, 1.82) is 0 Å². The second-order valence-electron chi connectivity index (χ2n) is 6.50. The Bertz CT molecular complexity index is 799. The smallest absolute Gasteiger partial charge is 0.444 e. The van der Waals surface area contributed by atoms with Gasteiger partial charge in [0.1, 0.15) is 11.4 Å². The standard InChI is InChI=1S/C18H19F3N2O3/c1-17(2,3)26-16(24)23-15-8-7-12(10-14(15)22)11-5-4-6-13(9-11)25-18(19,20)21/h4-10H,22H2,1-3H3,(H,23,24). The molecular weight excluding hydrogens is 349 g/mol. The number of nitrogens with two attached hydrogens (primary N) is 1. The van der Waals surface area contributed by atoms with E-state index in [-0.39, 0.29) is 11.4 Å². The van der Waals surface area contributed by atoms with E-state index >= 15 is 0 Å². The molecule has 0 atom stereocenters. The van der Waals surface area contributed by atoms with Crippen LogP contribution in [0.2, 0.25) is 0 Å². The lowest BCUT2D eigenvalue weighted by atomic mass is 10.0. The Morgan fingerprint density at radius 1 is 1.04 bits per heavy atom. The third kappa shape index (κ3) is 5.87. The molecule has 0 spiro atoms. The molecular formula is C18H19F3N2O3. The van der Waals surface area contributed by atoms with Gasteiger partial charge < -0.3 is 15.2 Å². The Labute approximate surface area is 148 Å². The lowest BCUT2D eigenvalue weighted by Crippen LogP contribution is -2.27. The molecule has 0 unspecified atom stereocenters. The van der Waals surface area contributed by atoms with Gasteiger partial charge in [0, 0.05) is 0 Å². The summed E-state index contributed by atoms with van der Waals surface area (Å²) < 4.78 is 46.1. The molecule has 0 fully saturated rings. The minimum atomic E-state index is -4.77. The molecule has 2 aromatic carbocycles. The Hall–Kier alpha value is -2.90. The monoisotopic (exact) mass is 368 g/mol. The van der Waals surface area contributed by atoms with Crippen molar-refractivity contribution in [2.45, 2.75) is 32.7 Å². The molecule has 26 heavy (non-hydrogen) atoms. The van der Waals surface area contributed by atoms with E-state index in [1.807, 2.05) is 0 Å². The summed E-state index contributed by atoms with van der Waals surface area (Å²) in [6, 6.07) is 10.2. The quantitative estimate of drug-likeness (QED) is 0.732. The summed E-state index contributed by atoms with van der Waals surface area (Å²) in [6.07, 6.45) is -5.42. The molecule has 0 aliphatic carbocycles. The normalized spacial score (nSPS) is 11.8. The summed E-state index contributed by atoms with van der Waals surface area (Å²) >= 11 is 0. The zero-order valence-electron chi connectivity index (χ0n) is 14.5. The Balaban J connectivity index is 2.19. The van der Waals surface area contributed by atoms with Crippen molar-refractivity contribution in [3.8, 4) is 16.9 Å². The number of carbonyl (C=O) groups is 1. The van der Waals surface area contributed by atoms with Gasteiger partial charge in [-0.2, -0.15) is 0 Å². The van der Waals surface area contributed by atoms with E-state index in [0.717, 1.165) is 0 Å². The summed E-state index contributed by atoms with van der Waals surface area (Å²) in [5.74, 6) is -0.329. The molecule has 2 rings (SSSR count). The second kappa shape index (κ2) is 7.15. The molecule has 0 radical (unpaired) electrons. The first-order valence-corrected chi connectivity index (χ1v) is 7.69. The fourth-order valence-corrected chi connectivity index (χ4v) is 2.14. The van der Waals surface area contributed by atoms with E-state index in [1.165, 1.54) is 18.2 Å². The first kappa shape index (κ1) is 19.4. The van der Waals surface area contributed by atoms with Gasteiger partial charge in [-0.15, -0.1) is 13.2 Å². The number of hydrogen-bond donors (Lipinski definition) is 2. The van der Waals surface area contributed by atoms with E-state index in [4.69, 9.17) is 10.5 Å². The number of nitrogens with one attached hydrogen (secondary N) is 1. The number of anilines is 2. The van der Waals surface area contributed by atoms with E-state index < -0.39 is 18.1 Å². The highest BCUT2D eigenvalue weighted by atomic mass is 19.4. The van der Waals surface area contributed by atoms with Gasteiger partial charge in [0.15, 0.2) is 0 Å². The molecule has 140 valence electrons. The minimum absolute atomic E-state index is 0.246. The average Bonchev–Trinajstić information content (AvgIpc) is 2.46. The molecule has 0 heterocycles. The van der Waals surface area contributed by atoms with Crippen LogP contribution in [-0.4, -0.2) is 18.1 Å². The highest BCUT2D eigenvalue weighted by Gasteiger charge is 2.31. The van der Waals surface area contributed by atoms with Crippen LogP contribution in [0.4, 0.5) is 29.3 Å². The summed E-state index contributed by atoms with van der Waals surface area (Å²) in [5.41, 5.74) is 6.92. The van der Waals surface area contributed by atoms with Crippen LogP contribution in [0.3, 0.4) is 0 Å². The van der Waals surface area contributed by atoms with E-state index in [9.17, 15) is 18.0 Å². The summed E-state index contributed by atoms with van der Waals surface area (Å²) in [5, 5.41) is 2.53. The van der Waals surface area contributed by atoms with Gasteiger partial charge in [-0.05, 0) is 56.2 Å². The van der Waals surface area contributed by atoms with Gasteiger partial charge in [0.2, 0.25) is 0 Å². The number of ether oxygens (including phenoxy) is 2. The minimum Gasteiger partial charge on any atom is -0.444 e. The number of benzene rings is 2. The van der Waals surface area contributed by atoms with Crippen molar-refractivity contribution in [3.05, 3.63) is 42.5 Å². The molecule has 0 saturated heterocycles. The van der Waals surface area contributed by atoms with Crippen molar-refractivity contribution in [3.63, 3.8) is 0 Å². The fraction of sp³-hybridized carbons (Fsp3) is 0.278. The van der Waals surface area contributed by atoms with Crippen LogP contribution in [0.1, 0.15) is 20.8 Å². The average molecular weight is 368 g/mol. The van der Waals surface area contributed by atoms with Gasteiger partial charge in [-0.25, -0.2) is 4.79 Å². The Kier molecular flexibility index (Phi) is 5.34. The molecule has 2 aromatic rings. The number of nitrogen functional groups attached to an aromatic ring is 1. The Morgan fingerprint density at radius 3 is 2.27 bits per heavy atom. The molecule has 5 nitrogen and oxygen atoms in total. The number of amides is 1. The predicted molar refractivity (Wildman–Crippen MR) is 92.8 cm³/mol. The van der Waals surface area contributed by atoms with Crippen molar-refractivity contribution in [2.75, 3.05) is 11.1 Å². The second-order valence-corrected chi connectivity index (χ2v) is 6.50. The largest absolute Gasteiger partial charge is 0.573 e. The van der Waals surface area contributed by atoms with Crippen molar-refractivity contribution in [1.82, 2.24) is 0 Å². The van der Waals surface area contributed by atoms with Crippen molar-refractivity contribution in [2.24, 2.45) is 0 Å². The van der Waals surface area contributed by atoms with E-state index in [2.05, 4.69) is 10.1 Å². The van der Waals surface area contributed by atoms with Crippen LogP contribution >= 0.6 is 0 Å². The fourth-order valence-electron chi connectivity index (χ4n) is 2.14. The van der Waals surface area contributed by atoms with Crippen LogP contribution in [0.5, 0.6) is 5.75 Å². The number of carbonyl (C=O) groups excluding carboxylic acids is 1. The molecule has 3 N–H and O–H groups in total. The maximum absolute atomic E-state index is 12.3. The van der Waals surface area contributed by atoms with Gasteiger partial charge in [0.25, 0.3) is 0 Å². The summed E-state index contributed by atoms with van der Waals surface area (Å²) in [4.78, 5) is 11.8. The van der Waals surface area contributed by atoms with Crippen LogP contribution in [0.15, 0.2) is 42.5 Å².